The lowest BCUT2D eigenvalue weighted by molar-refractivity contribution is -0.144. The monoisotopic (exact) mass is 236 g/mol. The van der Waals surface area contributed by atoms with E-state index in [9.17, 15) is 4.79 Å². The molecule has 4 heteroatoms. The van der Waals surface area contributed by atoms with Gasteiger partial charge in [0.1, 0.15) is 6.04 Å². The van der Waals surface area contributed by atoms with E-state index in [1.165, 1.54) is 7.11 Å². The molecule has 1 unspecified atom stereocenters. The van der Waals surface area contributed by atoms with E-state index >= 15 is 0 Å². The fraction of sp³-hybridized carbons (Fsp3) is 0.538. The molecule has 0 aliphatic carbocycles. The molecule has 4 nitrogen and oxygen atoms in total. The molecule has 0 aromatic carbocycles. The van der Waals surface area contributed by atoms with E-state index in [2.05, 4.69) is 16.4 Å². The third-order valence-corrected chi connectivity index (χ3v) is 2.58. The number of pyridine rings is 1. The van der Waals surface area contributed by atoms with Gasteiger partial charge in [-0.15, -0.1) is 0 Å². The lowest BCUT2D eigenvalue weighted by Crippen LogP contribution is -2.41. The Kier molecular flexibility index (Phi) is 5.10. The van der Waals surface area contributed by atoms with Crippen LogP contribution >= 0.6 is 0 Å². The van der Waals surface area contributed by atoms with Crippen LogP contribution in [0.25, 0.3) is 0 Å². The van der Waals surface area contributed by atoms with Gasteiger partial charge in [-0.1, -0.05) is 19.9 Å². The number of carbonyl (C=O) groups excluding carboxylic acids is 1. The van der Waals surface area contributed by atoms with Crippen LogP contribution in [-0.4, -0.2) is 24.1 Å². The number of nitrogens with zero attached hydrogens (tertiary/aromatic N) is 1. The van der Waals surface area contributed by atoms with Gasteiger partial charge in [0.15, 0.2) is 0 Å². The SMILES string of the molecule is COC(=O)C(NCc1cncc(C)c1)C(C)C. The highest BCUT2D eigenvalue weighted by Crippen LogP contribution is 2.06. The van der Waals surface area contributed by atoms with Crippen LogP contribution in [0.15, 0.2) is 18.5 Å². The molecule has 0 saturated carbocycles. The molecule has 0 radical (unpaired) electrons. The molecule has 1 rings (SSSR count). The van der Waals surface area contributed by atoms with Crippen molar-refractivity contribution >= 4 is 5.97 Å². The van der Waals surface area contributed by atoms with Crippen molar-refractivity contribution in [3.8, 4) is 0 Å². The maximum absolute atomic E-state index is 11.5. The predicted octanol–water partition coefficient (Wildman–Crippen LogP) is 1.68. The largest absolute Gasteiger partial charge is 0.468 e. The third kappa shape index (κ3) is 4.15. The molecule has 0 amide bonds. The van der Waals surface area contributed by atoms with Crippen LogP contribution in [0.5, 0.6) is 0 Å². The predicted molar refractivity (Wildman–Crippen MR) is 66.5 cm³/mol. The van der Waals surface area contributed by atoms with Crippen molar-refractivity contribution in [2.45, 2.75) is 33.4 Å². The second-order valence-corrected chi connectivity index (χ2v) is 4.50. The Morgan fingerprint density at radius 1 is 1.47 bits per heavy atom. The van der Waals surface area contributed by atoms with Crippen molar-refractivity contribution in [2.24, 2.45) is 5.92 Å². The maximum Gasteiger partial charge on any atom is 0.323 e. The number of hydrogen-bond donors (Lipinski definition) is 1. The Morgan fingerprint density at radius 3 is 2.71 bits per heavy atom. The average molecular weight is 236 g/mol. The highest BCUT2D eigenvalue weighted by Gasteiger charge is 2.21. The Labute approximate surface area is 102 Å². The first-order chi connectivity index (χ1) is 8.04. The van der Waals surface area contributed by atoms with Gasteiger partial charge >= 0.3 is 5.97 Å². The van der Waals surface area contributed by atoms with Gasteiger partial charge in [0.05, 0.1) is 7.11 Å². The summed E-state index contributed by atoms with van der Waals surface area (Å²) >= 11 is 0. The topological polar surface area (TPSA) is 51.2 Å². The summed E-state index contributed by atoms with van der Waals surface area (Å²) in [4.78, 5) is 15.7. The van der Waals surface area contributed by atoms with Crippen LogP contribution in [0.4, 0.5) is 0 Å². The van der Waals surface area contributed by atoms with E-state index in [4.69, 9.17) is 4.74 Å². The Bertz CT molecular complexity index is 377. The number of rotatable bonds is 5. The van der Waals surface area contributed by atoms with Crippen LogP contribution in [0.2, 0.25) is 0 Å². The number of aryl methyl sites for hydroxylation is 1. The number of ether oxygens (including phenoxy) is 1. The maximum atomic E-state index is 11.5. The summed E-state index contributed by atoms with van der Waals surface area (Å²) in [7, 11) is 1.41. The number of aromatic nitrogens is 1. The Hall–Kier alpha value is -1.42. The van der Waals surface area contributed by atoms with E-state index in [0.29, 0.717) is 6.54 Å². The minimum Gasteiger partial charge on any atom is -0.468 e. The first-order valence-electron chi connectivity index (χ1n) is 5.76. The van der Waals surface area contributed by atoms with Crippen LogP contribution in [-0.2, 0) is 16.1 Å². The summed E-state index contributed by atoms with van der Waals surface area (Å²) < 4.78 is 4.77. The zero-order valence-corrected chi connectivity index (χ0v) is 10.9. The number of nitrogens with one attached hydrogen (secondary N) is 1. The van der Waals surface area contributed by atoms with Crippen molar-refractivity contribution in [3.63, 3.8) is 0 Å². The van der Waals surface area contributed by atoms with Gasteiger partial charge in [0.2, 0.25) is 0 Å². The van der Waals surface area contributed by atoms with Crippen LogP contribution < -0.4 is 5.32 Å². The molecule has 17 heavy (non-hydrogen) atoms. The first kappa shape index (κ1) is 13.6. The zero-order valence-electron chi connectivity index (χ0n) is 10.9. The van der Waals surface area contributed by atoms with E-state index in [-0.39, 0.29) is 17.9 Å². The lowest BCUT2D eigenvalue weighted by atomic mass is 10.0. The number of esters is 1. The van der Waals surface area contributed by atoms with Crippen molar-refractivity contribution in [2.75, 3.05) is 7.11 Å². The van der Waals surface area contributed by atoms with Crippen LogP contribution in [0.3, 0.4) is 0 Å². The van der Waals surface area contributed by atoms with Gasteiger partial charge in [0.25, 0.3) is 0 Å². The van der Waals surface area contributed by atoms with Gasteiger partial charge in [-0.3, -0.25) is 9.78 Å². The summed E-state index contributed by atoms with van der Waals surface area (Å²) in [5.74, 6) is -0.0270. The molecule has 1 heterocycles. The number of hydrogen-bond acceptors (Lipinski definition) is 4. The second kappa shape index (κ2) is 6.35. The summed E-state index contributed by atoms with van der Waals surface area (Å²) in [6.45, 7) is 6.59. The molecule has 0 fully saturated rings. The second-order valence-electron chi connectivity index (χ2n) is 4.50. The third-order valence-electron chi connectivity index (χ3n) is 2.58. The molecule has 1 aromatic rings. The highest BCUT2D eigenvalue weighted by atomic mass is 16.5. The molecule has 0 aliphatic rings. The van der Waals surface area contributed by atoms with Crippen molar-refractivity contribution in [1.82, 2.24) is 10.3 Å². The normalized spacial score (nSPS) is 12.5. The molecule has 0 bridgehead atoms. The number of carbonyl (C=O) groups is 1. The van der Waals surface area contributed by atoms with Crippen molar-refractivity contribution in [1.29, 1.82) is 0 Å². The standard InChI is InChI=1S/C13H20N2O2/c1-9(2)12(13(16)17-4)15-8-11-5-10(3)6-14-7-11/h5-7,9,12,15H,8H2,1-4H3. The van der Waals surface area contributed by atoms with Crippen LogP contribution in [0.1, 0.15) is 25.0 Å². The fourth-order valence-electron chi connectivity index (χ4n) is 1.66. The molecule has 1 atom stereocenters. The molecule has 0 spiro atoms. The molecule has 1 N–H and O–H groups in total. The van der Waals surface area contributed by atoms with Crippen molar-refractivity contribution in [3.05, 3.63) is 29.6 Å². The average Bonchev–Trinajstić information content (AvgIpc) is 2.28. The summed E-state index contributed by atoms with van der Waals surface area (Å²) in [5.41, 5.74) is 2.18. The molecule has 0 saturated heterocycles. The quantitative estimate of drug-likeness (QED) is 0.790. The molecular formula is C13H20N2O2. The van der Waals surface area contributed by atoms with Crippen molar-refractivity contribution < 1.29 is 9.53 Å². The smallest absolute Gasteiger partial charge is 0.323 e. The highest BCUT2D eigenvalue weighted by molar-refractivity contribution is 5.75. The molecule has 0 aliphatic heterocycles. The molecule has 94 valence electrons. The van der Waals surface area contributed by atoms with Gasteiger partial charge in [-0.25, -0.2) is 0 Å². The van der Waals surface area contributed by atoms with E-state index < -0.39 is 0 Å². The first-order valence-corrected chi connectivity index (χ1v) is 5.76. The van der Waals surface area contributed by atoms with E-state index in [1.54, 1.807) is 6.20 Å². The Morgan fingerprint density at radius 2 is 2.18 bits per heavy atom. The number of methoxy groups -OCH3 is 1. The minimum absolute atomic E-state index is 0.195. The Balaban J connectivity index is 2.61. The van der Waals surface area contributed by atoms with Crippen LogP contribution in [0, 0.1) is 12.8 Å². The minimum atomic E-state index is -0.277. The lowest BCUT2D eigenvalue weighted by Gasteiger charge is -2.19. The van der Waals surface area contributed by atoms with Gasteiger partial charge in [-0.2, -0.15) is 0 Å². The van der Waals surface area contributed by atoms with Gasteiger partial charge in [-0.05, 0) is 24.0 Å². The van der Waals surface area contributed by atoms with E-state index in [1.807, 2.05) is 27.0 Å². The molecule has 1 aromatic heterocycles. The van der Waals surface area contributed by atoms with E-state index in [0.717, 1.165) is 11.1 Å². The molecular weight excluding hydrogens is 216 g/mol. The summed E-state index contributed by atoms with van der Waals surface area (Å²) in [6.07, 6.45) is 3.61. The summed E-state index contributed by atoms with van der Waals surface area (Å²) in [6, 6.07) is 1.77. The zero-order chi connectivity index (χ0) is 12.8. The summed E-state index contributed by atoms with van der Waals surface area (Å²) in [5, 5.41) is 3.20. The van der Waals surface area contributed by atoms with Gasteiger partial charge in [0, 0.05) is 18.9 Å². The van der Waals surface area contributed by atoms with Gasteiger partial charge < -0.3 is 10.1 Å². The fourth-order valence-corrected chi connectivity index (χ4v) is 1.66.